The summed E-state index contributed by atoms with van der Waals surface area (Å²) in [5.41, 5.74) is 2.17. The molecule has 0 radical (unpaired) electrons. The van der Waals surface area contributed by atoms with Crippen molar-refractivity contribution in [2.24, 2.45) is 4.99 Å². The summed E-state index contributed by atoms with van der Waals surface area (Å²) in [6.45, 7) is 15.9. The molecule has 0 spiro atoms. The van der Waals surface area contributed by atoms with Gasteiger partial charge in [0.05, 0.1) is 6.54 Å². The molecule has 1 fully saturated rings. The number of anilines is 1. The van der Waals surface area contributed by atoms with Gasteiger partial charge in [-0.05, 0) is 31.2 Å². The minimum absolute atomic E-state index is 0.489. The van der Waals surface area contributed by atoms with Crippen molar-refractivity contribution in [2.45, 2.75) is 26.9 Å². The SMILES string of the molecule is C=CCOc1ccccc1CNC(=NCc1ccc(N2CCN(CC)CC2)nc1)NCC. The van der Waals surface area contributed by atoms with Crippen LogP contribution in [0.25, 0.3) is 0 Å². The van der Waals surface area contributed by atoms with Gasteiger partial charge < -0.3 is 25.2 Å². The fourth-order valence-electron chi connectivity index (χ4n) is 3.62. The first-order valence-electron chi connectivity index (χ1n) is 11.5. The summed E-state index contributed by atoms with van der Waals surface area (Å²) in [6, 6.07) is 12.2. The van der Waals surface area contributed by atoms with Crippen molar-refractivity contribution in [1.82, 2.24) is 20.5 Å². The number of rotatable bonds is 10. The summed E-state index contributed by atoms with van der Waals surface area (Å²) in [6.07, 6.45) is 3.69. The van der Waals surface area contributed by atoms with E-state index in [2.05, 4.69) is 64.0 Å². The van der Waals surface area contributed by atoms with Gasteiger partial charge in [-0.25, -0.2) is 9.98 Å². The zero-order valence-electron chi connectivity index (χ0n) is 19.4. The zero-order chi connectivity index (χ0) is 22.6. The first kappa shape index (κ1) is 23.6. The van der Waals surface area contributed by atoms with Crippen LogP contribution in [0.1, 0.15) is 25.0 Å². The third-order valence-corrected chi connectivity index (χ3v) is 5.49. The molecule has 0 bridgehead atoms. The lowest BCUT2D eigenvalue weighted by atomic mass is 10.2. The van der Waals surface area contributed by atoms with E-state index in [0.29, 0.717) is 19.7 Å². The van der Waals surface area contributed by atoms with Crippen LogP contribution in [0.4, 0.5) is 5.82 Å². The molecule has 1 aromatic carbocycles. The number of hydrogen-bond acceptors (Lipinski definition) is 5. The minimum Gasteiger partial charge on any atom is -0.489 e. The monoisotopic (exact) mass is 436 g/mol. The number of piperazine rings is 1. The van der Waals surface area contributed by atoms with Crippen molar-refractivity contribution in [3.8, 4) is 5.75 Å². The number of ether oxygens (including phenoxy) is 1. The molecule has 172 valence electrons. The average molecular weight is 437 g/mol. The van der Waals surface area contributed by atoms with Gasteiger partial charge in [0.2, 0.25) is 0 Å². The number of pyridine rings is 1. The van der Waals surface area contributed by atoms with E-state index in [-0.39, 0.29) is 0 Å². The Morgan fingerprint density at radius 3 is 2.62 bits per heavy atom. The highest BCUT2D eigenvalue weighted by Gasteiger charge is 2.16. The van der Waals surface area contributed by atoms with Crippen molar-refractivity contribution < 1.29 is 4.74 Å². The lowest BCUT2D eigenvalue weighted by Crippen LogP contribution is -2.46. The molecule has 7 heteroatoms. The van der Waals surface area contributed by atoms with Gasteiger partial charge >= 0.3 is 0 Å². The fraction of sp³-hybridized carbons (Fsp3) is 0.440. The highest BCUT2D eigenvalue weighted by atomic mass is 16.5. The summed E-state index contributed by atoms with van der Waals surface area (Å²) in [7, 11) is 0. The molecule has 2 aromatic rings. The van der Waals surface area contributed by atoms with E-state index in [1.807, 2.05) is 24.4 Å². The Balaban J connectivity index is 1.56. The molecular formula is C25H36N6O. The summed E-state index contributed by atoms with van der Waals surface area (Å²) in [5, 5.41) is 6.70. The predicted molar refractivity (Wildman–Crippen MR) is 132 cm³/mol. The quantitative estimate of drug-likeness (QED) is 0.339. The summed E-state index contributed by atoms with van der Waals surface area (Å²) in [4.78, 5) is 14.2. The number of aliphatic imine (C=N–C) groups is 1. The lowest BCUT2D eigenvalue weighted by Gasteiger charge is -2.34. The van der Waals surface area contributed by atoms with E-state index < -0.39 is 0 Å². The molecule has 0 saturated carbocycles. The number of benzene rings is 1. The van der Waals surface area contributed by atoms with E-state index in [4.69, 9.17) is 9.73 Å². The molecule has 2 N–H and O–H groups in total. The van der Waals surface area contributed by atoms with Gasteiger partial charge in [-0.1, -0.05) is 43.8 Å². The van der Waals surface area contributed by atoms with Crippen LogP contribution in [0, 0.1) is 0 Å². The van der Waals surface area contributed by atoms with Gasteiger partial charge in [0.25, 0.3) is 0 Å². The summed E-state index contributed by atoms with van der Waals surface area (Å²) in [5.74, 6) is 2.68. The van der Waals surface area contributed by atoms with Crippen LogP contribution in [0.5, 0.6) is 5.75 Å². The van der Waals surface area contributed by atoms with E-state index >= 15 is 0 Å². The molecule has 0 unspecified atom stereocenters. The summed E-state index contributed by atoms with van der Waals surface area (Å²) < 4.78 is 5.75. The molecule has 0 amide bonds. The van der Waals surface area contributed by atoms with Crippen molar-refractivity contribution in [3.63, 3.8) is 0 Å². The van der Waals surface area contributed by atoms with Crippen LogP contribution in [0.2, 0.25) is 0 Å². The van der Waals surface area contributed by atoms with Gasteiger partial charge in [0.15, 0.2) is 5.96 Å². The first-order chi connectivity index (χ1) is 15.7. The largest absolute Gasteiger partial charge is 0.489 e. The number of hydrogen-bond donors (Lipinski definition) is 2. The molecule has 7 nitrogen and oxygen atoms in total. The van der Waals surface area contributed by atoms with E-state index in [0.717, 1.165) is 67.9 Å². The predicted octanol–water partition coefficient (Wildman–Crippen LogP) is 3.04. The van der Waals surface area contributed by atoms with Crippen molar-refractivity contribution in [2.75, 3.05) is 50.8 Å². The molecular weight excluding hydrogens is 400 g/mol. The van der Waals surface area contributed by atoms with Crippen LogP contribution in [-0.2, 0) is 13.1 Å². The molecule has 1 aliphatic rings. The highest BCUT2D eigenvalue weighted by molar-refractivity contribution is 5.79. The van der Waals surface area contributed by atoms with Crippen LogP contribution >= 0.6 is 0 Å². The van der Waals surface area contributed by atoms with Crippen LogP contribution in [-0.4, -0.2) is 61.7 Å². The first-order valence-corrected chi connectivity index (χ1v) is 11.5. The zero-order valence-corrected chi connectivity index (χ0v) is 19.4. The van der Waals surface area contributed by atoms with Crippen molar-refractivity contribution in [3.05, 3.63) is 66.4 Å². The Kier molecular flexibility index (Phi) is 9.37. The minimum atomic E-state index is 0.489. The molecule has 3 rings (SSSR count). The van der Waals surface area contributed by atoms with Crippen LogP contribution < -0.4 is 20.3 Å². The van der Waals surface area contributed by atoms with Gasteiger partial charge in [-0.15, -0.1) is 0 Å². The van der Waals surface area contributed by atoms with Crippen molar-refractivity contribution in [1.29, 1.82) is 0 Å². The van der Waals surface area contributed by atoms with Gasteiger partial charge in [0, 0.05) is 51.0 Å². The number of aromatic nitrogens is 1. The van der Waals surface area contributed by atoms with Crippen LogP contribution in [0.3, 0.4) is 0 Å². The number of nitrogens with one attached hydrogen (secondary N) is 2. The van der Waals surface area contributed by atoms with E-state index in [9.17, 15) is 0 Å². The maximum absolute atomic E-state index is 5.75. The van der Waals surface area contributed by atoms with E-state index in [1.54, 1.807) is 6.08 Å². The third kappa shape index (κ3) is 6.99. The molecule has 1 saturated heterocycles. The number of guanidine groups is 1. The van der Waals surface area contributed by atoms with E-state index in [1.165, 1.54) is 0 Å². The smallest absolute Gasteiger partial charge is 0.191 e. The molecule has 1 aromatic heterocycles. The maximum atomic E-state index is 5.75. The Labute approximate surface area is 192 Å². The number of nitrogens with zero attached hydrogens (tertiary/aromatic N) is 4. The second-order valence-corrected chi connectivity index (χ2v) is 7.70. The highest BCUT2D eigenvalue weighted by Crippen LogP contribution is 2.18. The Morgan fingerprint density at radius 2 is 1.94 bits per heavy atom. The van der Waals surface area contributed by atoms with Gasteiger partial charge in [-0.2, -0.15) is 0 Å². The average Bonchev–Trinajstić information content (AvgIpc) is 2.85. The Bertz CT molecular complexity index is 859. The second-order valence-electron chi connectivity index (χ2n) is 7.70. The molecule has 2 heterocycles. The molecule has 32 heavy (non-hydrogen) atoms. The van der Waals surface area contributed by atoms with Gasteiger partial charge in [0.1, 0.15) is 18.2 Å². The maximum Gasteiger partial charge on any atom is 0.191 e. The molecule has 0 atom stereocenters. The third-order valence-electron chi connectivity index (χ3n) is 5.49. The lowest BCUT2D eigenvalue weighted by molar-refractivity contribution is 0.270. The standard InChI is InChI=1S/C25H36N6O/c1-4-17-32-23-10-8-7-9-22(23)20-29-25(26-5-2)28-19-21-11-12-24(27-18-21)31-15-13-30(6-3)14-16-31/h4,7-12,18H,1,5-6,13-17,19-20H2,2-3H3,(H2,26,28,29). The second kappa shape index (κ2) is 12.7. The Hall–Kier alpha value is -3.06. The number of likely N-dealkylation sites (N-methyl/N-ethyl adjacent to an activating group) is 1. The topological polar surface area (TPSA) is 65.0 Å². The fourth-order valence-corrected chi connectivity index (χ4v) is 3.62. The number of para-hydroxylation sites is 1. The molecule has 1 aliphatic heterocycles. The van der Waals surface area contributed by atoms with Crippen molar-refractivity contribution >= 4 is 11.8 Å². The summed E-state index contributed by atoms with van der Waals surface area (Å²) >= 11 is 0. The molecule has 0 aliphatic carbocycles. The Morgan fingerprint density at radius 1 is 1.12 bits per heavy atom. The van der Waals surface area contributed by atoms with Gasteiger partial charge in [-0.3, -0.25) is 0 Å². The normalized spacial score (nSPS) is 14.8. The van der Waals surface area contributed by atoms with Crippen LogP contribution in [0.15, 0.2) is 60.2 Å².